The molecule has 0 saturated heterocycles. The maximum absolute atomic E-state index is 11.6. The lowest BCUT2D eigenvalue weighted by Crippen LogP contribution is -2.17. The van der Waals surface area contributed by atoms with Crippen LogP contribution < -0.4 is 11.2 Å². The van der Waals surface area contributed by atoms with Crippen molar-refractivity contribution in [3.05, 3.63) is 53.9 Å². The van der Waals surface area contributed by atoms with Crippen molar-refractivity contribution in [3.8, 4) is 0 Å². The van der Waals surface area contributed by atoms with Gasteiger partial charge < -0.3 is 5.73 Å². The molecule has 3 N–H and O–H groups in total. The molecule has 0 radical (unpaired) electrons. The van der Waals surface area contributed by atoms with Crippen LogP contribution in [0.1, 0.15) is 15.9 Å². The summed E-state index contributed by atoms with van der Waals surface area (Å²) >= 11 is 0. The van der Waals surface area contributed by atoms with Gasteiger partial charge in [0, 0.05) is 23.5 Å². The monoisotopic (exact) mass is 241 g/mol. The molecule has 0 unspecified atom stereocenters. The van der Waals surface area contributed by atoms with Crippen molar-refractivity contribution in [2.75, 3.05) is 5.73 Å². The number of nitrogens with zero attached hydrogens (tertiary/aromatic N) is 3. The van der Waals surface area contributed by atoms with Crippen LogP contribution in [-0.4, -0.2) is 22.1 Å². The highest BCUT2D eigenvalue weighted by atomic mass is 16.2. The fourth-order valence-electron chi connectivity index (χ4n) is 1.23. The molecule has 0 fully saturated rings. The maximum atomic E-state index is 11.6. The van der Waals surface area contributed by atoms with E-state index >= 15 is 0 Å². The van der Waals surface area contributed by atoms with Gasteiger partial charge in [-0.15, -0.1) is 0 Å². The standard InChI is InChI=1S/C12H11N5O/c13-12-14-6-9(7-15-12)8-16-17-11(18)10-4-2-1-3-5-10/h1-8H,(H,17,18)(H2,13,14,15). The molecule has 0 saturated carbocycles. The lowest BCUT2D eigenvalue weighted by Gasteiger charge is -1.98. The van der Waals surface area contributed by atoms with Crippen LogP contribution in [0.3, 0.4) is 0 Å². The van der Waals surface area contributed by atoms with Crippen molar-refractivity contribution in [2.45, 2.75) is 0 Å². The van der Waals surface area contributed by atoms with E-state index in [1.54, 1.807) is 24.3 Å². The van der Waals surface area contributed by atoms with Crippen molar-refractivity contribution in [1.82, 2.24) is 15.4 Å². The summed E-state index contributed by atoms with van der Waals surface area (Å²) in [5.74, 6) is -0.0799. The number of carbonyl (C=O) groups excluding carboxylic acids is 1. The van der Waals surface area contributed by atoms with Crippen LogP contribution in [0.15, 0.2) is 47.8 Å². The van der Waals surface area contributed by atoms with Crippen LogP contribution in [0.5, 0.6) is 0 Å². The van der Waals surface area contributed by atoms with Crippen LogP contribution in [-0.2, 0) is 0 Å². The molecule has 1 aromatic heterocycles. The molecule has 0 atom stereocenters. The molecule has 1 heterocycles. The number of benzene rings is 1. The van der Waals surface area contributed by atoms with E-state index in [9.17, 15) is 4.79 Å². The van der Waals surface area contributed by atoms with E-state index < -0.39 is 0 Å². The number of rotatable bonds is 3. The van der Waals surface area contributed by atoms with Gasteiger partial charge in [0.2, 0.25) is 5.95 Å². The van der Waals surface area contributed by atoms with Gasteiger partial charge in [0.05, 0.1) is 6.21 Å². The molecule has 1 amide bonds. The number of nitrogen functional groups attached to an aromatic ring is 1. The Morgan fingerprint density at radius 2 is 1.89 bits per heavy atom. The van der Waals surface area contributed by atoms with Gasteiger partial charge in [-0.3, -0.25) is 4.79 Å². The Morgan fingerprint density at radius 3 is 2.56 bits per heavy atom. The van der Waals surface area contributed by atoms with Gasteiger partial charge in [-0.1, -0.05) is 18.2 Å². The number of anilines is 1. The SMILES string of the molecule is Nc1ncc(C=NNC(=O)c2ccccc2)cn1. The van der Waals surface area contributed by atoms with E-state index in [1.807, 2.05) is 6.07 Å². The summed E-state index contributed by atoms with van der Waals surface area (Å²) in [6, 6.07) is 8.82. The highest BCUT2D eigenvalue weighted by molar-refractivity contribution is 5.94. The third-order valence-electron chi connectivity index (χ3n) is 2.11. The third kappa shape index (κ3) is 3.11. The van der Waals surface area contributed by atoms with Crippen LogP contribution in [0, 0.1) is 0 Å². The summed E-state index contributed by atoms with van der Waals surface area (Å²) in [5, 5.41) is 3.80. The van der Waals surface area contributed by atoms with Gasteiger partial charge in [0.25, 0.3) is 5.91 Å². The average molecular weight is 241 g/mol. The molecular formula is C12H11N5O. The van der Waals surface area contributed by atoms with Crippen LogP contribution in [0.25, 0.3) is 0 Å². The topological polar surface area (TPSA) is 93.3 Å². The first kappa shape index (κ1) is 11.7. The first-order chi connectivity index (χ1) is 8.75. The molecule has 2 aromatic rings. The Labute approximate surface area is 104 Å². The predicted molar refractivity (Wildman–Crippen MR) is 67.9 cm³/mol. The third-order valence-corrected chi connectivity index (χ3v) is 2.11. The molecule has 6 heteroatoms. The van der Waals surface area contributed by atoms with Crippen molar-refractivity contribution >= 4 is 18.1 Å². The first-order valence-corrected chi connectivity index (χ1v) is 5.21. The van der Waals surface area contributed by atoms with Gasteiger partial charge in [-0.05, 0) is 12.1 Å². The van der Waals surface area contributed by atoms with Crippen LogP contribution in [0.2, 0.25) is 0 Å². The van der Waals surface area contributed by atoms with Crippen LogP contribution in [0.4, 0.5) is 5.95 Å². The second-order valence-electron chi connectivity index (χ2n) is 3.44. The molecule has 0 spiro atoms. The number of hydrazone groups is 1. The van der Waals surface area contributed by atoms with E-state index in [0.717, 1.165) is 0 Å². The molecule has 6 nitrogen and oxygen atoms in total. The van der Waals surface area contributed by atoms with E-state index in [4.69, 9.17) is 5.73 Å². The minimum absolute atomic E-state index is 0.195. The average Bonchev–Trinajstić information content (AvgIpc) is 2.42. The minimum atomic E-state index is -0.275. The Balaban J connectivity index is 1.96. The molecule has 90 valence electrons. The fourth-order valence-corrected chi connectivity index (χ4v) is 1.23. The number of nitrogens with one attached hydrogen (secondary N) is 1. The largest absolute Gasteiger partial charge is 0.368 e. The van der Waals surface area contributed by atoms with E-state index in [2.05, 4.69) is 20.5 Å². The molecule has 0 aliphatic carbocycles. The molecule has 2 rings (SSSR count). The molecular weight excluding hydrogens is 230 g/mol. The van der Waals surface area contributed by atoms with Crippen LogP contribution >= 0.6 is 0 Å². The van der Waals surface area contributed by atoms with Crippen molar-refractivity contribution < 1.29 is 4.79 Å². The minimum Gasteiger partial charge on any atom is -0.368 e. The van der Waals surface area contributed by atoms with Gasteiger partial charge in [0.1, 0.15) is 0 Å². The lowest BCUT2D eigenvalue weighted by molar-refractivity contribution is 0.0955. The van der Waals surface area contributed by atoms with E-state index in [-0.39, 0.29) is 11.9 Å². The number of carbonyl (C=O) groups is 1. The normalized spacial score (nSPS) is 10.4. The zero-order valence-electron chi connectivity index (χ0n) is 9.45. The smallest absolute Gasteiger partial charge is 0.271 e. The van der Waals surface area contributed by atoms with Gasteiger partial charge in [-0.2, -0.15) is 5.10 Å². The van der Waals surface area contributed by atoms with E-state index in [1.165, 1.54) is 18.6 Å². The second-order valence-corrected chi connectivity index (χ2v) is 3.44. The Hall–Kier alpha value is -2.76. The number of nitrogens with two attached hydrogens (primary N) is 1. The molecule has 1 aromatic carbocycles. The van der Waals surface area contributed by atoms with Gasteiger partial charge in [-0.25, -0.2) is 15.4 Å². The first-order valence-electron chi connectivity index (χ1n) is 5.21. The molecule has 18 heavy (non-hydrogen) atoms. The number of hydrogen-bond donors (Lipinski definition) is 2. The van der Waals surface area contributed by atoms with Crippen molar-refractivity contribution in [1.29, 1.82) is 0 Å². The Kier molecular flexibility index (Phi) is 3.60. The van der Waals surface area contributed by atoms with Crippen molar-refractivity contribution in [3.63, 3.8) is 0 Å². The summed E-state index contributed by atoms with van der Waals surface area (Å²) in [6.07, 6.45) is 4.47. The van der Waals surface area contributed by atoms with E-state index in [0.29, 0.717) is 11.1 Å². The quantitative estimate of drug-likeness (QED) is 0.614. The summed E-state index contributed by atoms with van der Waals surface area (Å²) in [7, 11) is 0. The molecule has 0 bridgehead atoms. The zero-order chi connectivity index (χ0) is 12.8. The molecule has 0 aliphatic rings. The highest BCUT2D eigenvalue weighted by Crippen LogP contribution is 1.97. The summed E-state index contributed by atoms with van der Waals surface area (Å²) in [5.41, 5.74) is 8.94. The Morgan fingerprint density at radius 1 is 1.22 bits per heavy atom. The maximum Gasteiger partial charge on any atom is 0.271 e. The second kappa shape index (κ2) is 5.53. The predicted octanol–water partition coefficient (Wildman–Crippen LogP) is 0.823. The summed E-state index contributed by atoms with van der Waals surface area (Å²) in [6.45, 7) is 0. The van der Waals surface area contributed by atoms with Gasteiger partial charge in [0.15, 0.2) is 0 Å². The van der Waals surface area contributed by atoms with Gasteiger partial charge >= 0.3 is 0 Å². The number of hydrogen-bond acceptors (Lipinski definition) is 5. The summed E-state index contributed by atoms with van der Waals surface area (Å²) in [4.78, 5) is 19.2. The Bertz CT molecular complexity index is 550. The van der Waals surface area contributed by atoms with Crippen molar-refractivity contribution in [2.24, 2.45) is 5.10 Å². The fraction of sp³-hybridized carbons (Fsp3) is 0. The summed E-state index contributed by atoms with van der Waals surface area (Å²) < 4.78 is 0. The molecule has 0 aliphatic heterocycles. The highest BCUT2D eigenvalue weighted by Gasteiger charge is 2.01. The number of aromatic nitrogens is 2. The number of amides is 1. The lowest BCUT2D eigenvalue weighted by atomic mass is 10.2. The zero-order valence-corrected chi connectivity index (χ0v) is 9.45.